The second kappa shape index (κ2) is 6.12. The summed E-state index contributed by atoms with van der Waals surface area (Å²) >= 11 is 0. The number of rotatable bonds is 4. The zero-order valence-electron chi connectivity index (χ0n) is 12.8. The second-order valence-electron chi connectivity index (χ2n) is 5.40. The van der Waals surface area contributed by atoms with Gasteiger partial charge in [0, 0.05) is 30.3 Å². The molecule has 2 aromatic rings. The molecule has 0 atom stereocenters. The fourth-order valence-electron chi connectivity index (χ4n) is 2.69. The molecule has 1 aromatic carbocycles. The van der Waals surface area contributed by atoms with Gasteiger partial charge in [-0.15, -0.1) is 0 Å². The summed E-state index contributed by atoms with van der Waals surface area (Å²) in [5.74, 6) is 0.382. The van der Waals surface area contributed by atoms with Crippen molar-refractivity contribution in [3.63, 3.8) is 0 Å². The summed E-state index contributed by atoms with van der Waals surface area (Å²) in [6.07, 6.45) is 2.23. The fourth-order valence-corrected chi connectivity index (χ4v) is 2.69. The SMILES string of the molecule is COc1cc(C(=N)N2CCCC2)ccc1-c1cc(C(N)=O)on1. The number of nitrogens with zero attached hydrogens (tertiary/aromatic N) is 2. The minimum atomic E-state index is -0.671. The summed E-state index contributed by atoms with van der Waals surface area (Å²) in [6, 6.07) is 6.93. The number of amidine groups is 1. The number of benzene rings is 1. The van der Waals surface area contributed by atoms with E-state index < -0.39 is 5.91 Å². The van der Waals surface area contributed by atoms with Crippen molar-refractivity contribution in [3.05, 3.63) is 35.6 Å². The van der Waals surface area contributed by atoms with Crippen LogP contribution in [0.4, 0.5) is 0 Å². The van der Waals surface area contributed by atoms with Gasteiger partial charge in [-0.1, -0.05) is 11.2 Å². The van der Waals surface area contributed by atoms with E-state index in [2.05, 4.69) is 10.1 Å². The Bertz CT molecular complexity index is 748. The zero-order chi connectivity index (χ0) is 16.4. The van der Waals surface area contributed by atoms with Gasteiger partial charge >= 0.3 is 0 Å². The first-order valence-electron chi connectivity index (χ1n) is 7.39. The Hall–Kier alpha value is -2.83. The van der Waals surface area contributed by atoms with Crippen molar-refractivity contribution in [1.29, 1.82) is 5.41 Å². The van der Waals surface area contributed by atoms with Gasteiger partial charge in [0.25, 0.3) is 5.91 Å². The molecule has 0 aliphatic carbocycles. The molecule has 1 aliphatic heterocycles. The van der Waals surface area contributed by atoms with Crippen molar-refractivity contribution in [2.24, 2.45) is 5.73 Å². The van der Waals surface area contributed by atoms with Crippen molar-refractivity contribution in [2.45, 2.75) is 12.8 Å². The number of primary amides is 1. The number of carbonyl (C=O) groups is 1. The molecule has 0 bridgehead atoms. The number of nitrogens with one attached hydrogen (secondary N) is 1. The molecule has 0 spiro atoms. The van der Waals surface area contributed by atoms with Crippen LogP contribution in [0.2, 0.25) is 0 Å². The summed E-state index contributed by atoms with van der Waals surface area (Å²) in [4.78, 5) is 13.2. The van der Waals surface area contributed by atoms with E-state index in [1.807, 2.05) is 6.07 Å². The molecule has 0 saturated carbocycles. The molecular formula is C16H18N4O3. The Kier molecular flexibility index (Phi) is 4.01. The predicted molar refractivity (Wildman–Crippen MR) is 84.6 cm³/mol. The van der Waals surface area contributed by atoms with E-state index >= 15 is 0 Å². The number of hydrogen-bond acceptors (Lipinski definition) is 5. The largest absolute Gasteiger partial charge is 0.496 e. The monoisotopic (exact) mass is 314 g/mol. The lowest BCUT2D eigenvalue weighted by molar-refractivity contribution is 0.0965. The van der Waals surface area contributed by atoms with Gasteiger partial charge in [0.05, 0.1) is 7.11 Å². The number of hydrogen-bond donors (Lipinski definition) is 2. The smallest absolute Gasteiger partial charge is 0.287 e. The van der Waals surface area contributed by atoms with Crippen LogP contribution in [0.15, 0.2) is 28.8 Å². The number of likely N-dealkylation sites (tertiary alicyclic amines) is 1. The Morgan fingerprint density at radius 3 is 2.70 bits per heavy atom. The highest BCUT2D eigenvalue weighted by Gasteiger charge is 2.19. The number of aromatic nitrogens is 1. The highest BCUT2D eigenvalue weighted by Crippen LogP contribution is 2.31. The zero-order valence-corrected chi connectivity index (χ0v) is 12.8. The molecule has 1 aliphatic rings. The summed E-state index contributed by atoms with van der Waals surface area (Å²) in [5.41, 5.74) is 7.10. The third-order valence-electron chi connectivity index (χ3n) is 3.93. The van der Waals surface area contributed by atoms with E-state index in [9.17, 15) is 4.79 Å². The van der Waals surface area contributed by atoms with Gasteiger partial charge in [-0.05, 0) is 25.0 Å². The summed E-state index contributed by atoms with van der Waals surface area (Å²) in [6.45, 7) is 1.82. The van der Waals surface area contributed by atoms with Gasteiger partial charge in [-0.2, -0.15) is 0 Å². The van der Waals surface area contributed by atoms with Crippen LogP contribution in [0.3, 0.4) is 0 Å². The Morgan fingerprint density at radius 2 is 2.09 bits per heavy atom. The van der Waals surface area contributed by atoms with Gasteiger partial charge in [-0.25, -0.2) is 0 Å². The third kappa shape index (κ3) is 2.90. The van der Waals surface area contributed by atoms with Crippen molar-refractivity contribution < 1.29 is 14.1 Å². The molecule has 23 heavy (non-hydrogen) atoms. The first-order chi connectivity index (χ1) is 11.1. The Labute approximate surface area is 133 Å². The molecule has 120 valence electrons. The molecule has 1 saturated heterocycles. The molecule has 2 heterocycles. The molecular weight excluding hydrogens is 296 g/mol. The van der Waals surface area contributed by atoms with Crippen LogP contribution < -0.4 is 10.5 Å². The predicted octanol–water partition coefficient (Wildman–Crippen LogP) is 1.87. The minimum Gasteiger partial charge on any atom is -0.496 e. The molecule has 1 amide bonds. The maximum atomic E-state index is 11.1. The summed E-state index contributed by atoms with van der Waals surface area (Å²) in [7, 11) is 1.55. The maximum Gasteiger partial charge on any atom is 0.287 e. The average molecular weight is 314 g/mol. The molecule has 1 fully saturated rings. The van der Waals surface area contributed by atoms with Crippen molar-refractivity contribution in [3.8, 4) is 17.0 Å². The molecule has 7 heteroatoms. The number of ether oxygens (including phenoxy) is 1. The quantitative estimate of drug-likeness (QED) is 0.662. The molecule has 7 nitrogen and oxygen atoms in total. The van der Waals surface area contributed by atoms with Gasteiger partial charge in [-0.3, -0.25) is 10.2 Å². The van der Waals surface area contributed by atoms with Crippen molar-refractivity contribution in [2.75, 3.05) is 20.2 Å². The molecule has 3 rings (SSSR count). The van der Waals surface area contributed by atoms with Crippen molar-refractivity contribution in [1.82, 2.24) is 10.1 Å². The van der Waals surface area contributed by atoms with E-state index in [4.69, 9.17) is 20.4 Å². The minimum absolute atomic E-state index is 0.00376. The average Bonchev–Trinajstić information content (AvgIpc) is 3.25. The highest BCUT2D eigenvalue weighted by molar-refractivity contribution is 5.98. The maximum absolute atomic E-state index is 11.1. The second-order valence-corrected chi connectivity index (χ2v) is 5.40. The lowest BCUT2D eigenvalue weighted by Crippen LogP contribution is -2.27. The number of amides is 1. The topological polar surface area (TPSA) is 105 Å². The van der Waals surface area contributed by atoms with E-state index in [-0.39, 0.29) is 5.76 Å². The van der Waals surface area contributed by atoms with Gasteiger partial charge in [0.15, 0.2) is 0 Å². The molecule has 0 radical (unpaired) electrons. The molecule has 0 unspecified atom stereocenters. The first kappa shape index (κ1) is 15.1. The van der Waals surface area contributed by atoms with E-state index in [0.717, 1.165) is 31.5 Å². The molecule has 1 aromatic heterocycles. The third-order valence-corrected chi connectivity index (χ3v) is 3.93. The lowest BCUT2D eigenvalue weighted by Gasteiger charge is -2.19. The van der Waals surface area contributed by atoms with Crippen LogP contribution in [-0.4, -0.2) is 42.0 Å². The Morgan fingerprint density at radius 1 is 1.35 bits per heavy atom. The lowest BCUT2D eigenvalue weighted by atomic mass is 10.1. The summed E-state index contributed by atoms with van der Waals surface area (Å²) in [5, 5.41) is 12.2. The van der Waals surface area contributed by atoms with Crippen molar-refractivity contribution >= 4 is 11.7 Å². The van der Waals surface area contributed by atoms with Crippen LogP contribution in [-0.2, 0) is 0 Å². The van der Waals surface area contributed by atoms with Crippen LogP contribution in [0.1, 0.15) is 29.0 Å². The van der Waals surface area contributed by atoms with Gasteiger partial charge in [0.2, 0.25) is 5.76 Å². The van der Waals surface area contributed by atoms with E-state index in [0.29, 0.717) is 22.8 Å². The van der Waals surface area contributed by atoms with Gasteiger partial charge in [0.1, 0.15) is 17.3 Å². The van der Waals surface area contributed by atoms with Crippen LogP contribution >= 0.6 is 0 Å². The van der Waals surface area contributed by atoms with E-state index in [1.165, 1.54) is 6.07 Å². The van der Waals surface area contributed by atoms with Crippen LogP contribution in [0.5, 0.6) is 5.75 Å². The normalized spacial score (nSPS) is 14.0. The summed E-state index contributed by atoms with van der Waals surface area (Å²) < 4.78 is 10.3. The Balaban J connectivity index is 1.92. The fraction of sp³-hybridized carbons (Fsp3) is 0.312. The number of carbonyl (C=O) groups excluding carboxylic acids is 1. The van der Waals surface area contributed by atoms with Gasteiger partial charge < -0.3 is 19.9 Å². The van der Waals surface area contributed by atoms with Crippen LogP contribution in [0, 0.1) is 5.41 Å². The van der Waals surface area contributed by atoms with Crippen LogP contribution in [0.25, 0.3) is 11.3 Å². The van der Waals surface area contributed by atoms with E-state index in [1.54, 1.807) is 19.2 Å². The standard InChI is InChI=1S/C16H18N4O3/c1-22-13-8-10(15(17)20-6-2-3-7-20)4-5-11(13)12-9-14(16(18)21)23-19-12/h4-5,8-9,17H,2-3,6-7H2,1H3,(H2,18,21). The number of methoxy groups -OCH3 is 1. The highest BCUT2D eigenvalue weighted by atomic mass is 16.5. The first-order valence-corrected chi connectivity index (χ1v) is 7.39. The number of nitrogens with two attached hydrogens (primary N) is 1. The molecule has 3 N–H and O–H groups in total.